The van der Waals surface area contributed by atoms with E-state index >= 15 is 0 Å². The lowest BCUT2D eigenvalue weighted by molar-refractivity contribution is -0.685. The molecule has 1 aromatic heterocycles. The fourth-order valence-electron chi connectivity index (χ4n) is 3.12. The monoisotopic (exact) mass is 346 g/mol. The number of aliphatic hydroxyl groups is 1. The summed E-state index contributed by atoms with van der Waals surface area (Å²) in [6.45, 7) is 2.67. The topological polar surface area (TPSA) is 49.0 Å². The highest BCUT2D eigenvalue weighted by Crippen LogP contribution is 2.28. The zero-order chi connectivity index (χ0) is 17.0. The number of nitrogens with one attached hydrogen (secondary N) is 1. The molecule has 1 unspecified atom stereocenters. The van der Waals surface area contributed by atoms with Crippen molar-refractivity contribution in [2.45, 2.75) is 57.7 Å². The molecule has 2 aromatic rings. The van der Waals surface area contributed by atoms with Gasteiger partial charge in [-0.05, 0) is 18.6 Å². The molecule has 0 spiro atoms. The van der Waals surface area contributed by atoms with E-state index in [1.54, 1.807) is 12.1 Å². The number of benzene rings is 1. The van der Waals surface area contributed by atoms with Crippen LogP contribution in [0.2, 0.25) is 5.02 Å². The summed E-state index contributed by atoms with van der Waals surface area (Å²) in [6.07, 6.45) is 9.28. The maximum atomic E-state index is 10.9. The van der Waals surface area contributed by atoms with Gasteiger partial charge < -0.3 is 5.11 Å². The molecule has 1 aromatic carbocycles. The number of aromatic nitrogens is 2. The third kappa shape index (κ3) is 3.87. The fourth-order valence-corrected chi connectivity index (χ4v) is 3.25. The zero-order valence-electron chi connectivity index (χ0n) is 14.1. The van der Waals surface area contributed by atoms with Crippen molar-refractivity contribution < 1.29 is 9.67 Å². The van der Waals surface area contributed by atoms with Crippen molar-refractivity contribution in [2.24, 2.45) is 0 Å². The van der Waals surface area contributed by atoms with Crippen LogP contribution in [0.25, 0.3) is 0 Å². The number of halogens is 1. The maximum Gasteiger partial charge on any atom is 0.394 e. The van der Waals surface area contributed by atoms with E-state index in [0.29, 0.717) is 11.6 Å². The molecular weight excluding hydrogens is 322 g/mol. The molecule has 0 bridgehead atoms. The van der Waals surface area contributed by atoms with Gasteiger partial charge in [0.1, 0.15) is 12.2 Å². The molecule has 0 fully saturated rings. The normalized spacial score (nSPS) is 19.1. The van der Waals surface area contributed by atoms with Crippen molar-refractivity contribution in [3.8, 4) is 0 Å². The molecule has 4 nitrogen and oxygen atoms in total. The lowest BCUT2D eigenvalue weighted by atomic mass is 10.0. The number of hydrogen-bond acceptors (Lipinski definition) is 3. The van der Waals surface area contributed by atoms with Gasteiger partial charge in [0.25, 0.3) is 0 Å². The third-order valence-corrected chi connectivity index (χ3v) is 4.80. The predicted molar refractivity (Wildman–Crippen MR) is 95.9 cm³/mol. The largest absolute Gasteiger partial charge is 0.394 e. The Morgan fingerprint density at radius 3 is 2.67 bits per heavy atom. The number of aryl methyl sites for hydroxylation is 1. The molecule has 1 aliphatic rings. The van der Waals surface area contributed by atoms with E-state index in [2.05, 4.69) is 23.3 Å². The number of nitrogens with zero attached hydrogens (tertiary/aromatic N) is 2. The third-order valence-electron chi connectivity index (χ3n) is 4.54. The Labute approximate surface area is 148 Å². The smallest absolute Gasteiger partial charge is 0.353 e. The lowest BCUT2D eigenvalue weighted by Crippen LogP contribution is -2.40. The van der Waals surface area contributed by atoms with Crippen molar-refractivity contribution in [1.82, 2.24) is 4.98 Å². The van der Waals surface area contributed by atoms with Crippen LogP contribution in [-0.4, -0.2) is 10.1 Å². The van der Waals surface area contributed by atoms with Crippen LogP contribution < -0.4 is 9.88 Å². The second-order valence-electron chi connectivity index (χ2n) is 6.53. The molecule has 2 N–H and O–H groups in total. The van der Waals surface area contributed by atoms with Crippen molar-refractivity contribution in [2.75, 3.05) is 5.32 Å². The summed E-state index contributed by atoms with van der Waals surface area (Å²) in [7, 11) is 0. The summed E-state index contributed by atoms with van der Waals surface area (Å²) >= 11 is 5.93. The summed E-state index contributed by atoms with van der Waals surface area (Å²) in [4.78, 5) is 4.68. The average Bonchev–Trinajstić information content (AvgIpc) is 2.92. The van der Waals surface area contributed by atoms with E-state index in [0.717, 1.165) is 30.0 Å². The van der Waals surface area contributed by atoms with E-state index in [9.17, 15) is 5.11 Å². The molecule has 0 saturated carbocycles. The fraction of sp³-hybridized carbons (Fsp3) is 0.474. The van der Waals surface area contributed by atoms with Crippen LogP contribution in [0.15, 0.2) is 36.5 Å². The second kappa shape index (κ2) is 7.49. The Morgan fingerprint density at radius 2 is 1.92 bits per heavy atom. The minimum atomic E-state index is -1.13. The first-order chi connectivity index (χ1) is 11.6. The standard InChI is InChI=1S/C19H24ClN3O/c1-2-3-4-5-6-7-17-12-13-23-14-19(24,22-18(23)21-17)15-8-10-16(20)11-9-15/h8-13,24H,2-7,14H2,1H3/p+1. The van der Waals surface area contributed by atoms with Gasteiger partial charge >= 0.3 is 5.95 Å². The number of anilines is 1. The second-order valence-corrected chi connectivity index (χ2v) is 6.96. The molecule has 24 heavy (non-hydrogen) atoms. The summed E-state index contributed by atoms with van der Waals surface area (Å²) in [6, 6.07) is 9.32. The minimum absolute atomic E-state index is 0.438. The summed E-state index contributed by atoms with van der Waals surface area (Å²) in [5, 5.41) is 14.7. The molecule has 128 valence electrons. The van der Waals surface area contributed by atoms with Crippen molar-refractivity contribution in [1.29, 1.82) is 0 Å². The SMILES string of the molecule is CCCCCCCc1cc[n+]2c(n1)NC(O)(c1ccc(Cl)cc1)C2. The quantitative estimate of drug-likeness (QED) is 0.592. The average molecular weight is 347 g/mol. The Kier molecular flexibility index (Phi) is 5.36. The van der Waals surface area contributed by atoms with Crippen LogP contribution in [0.5, 0.6) is 0 Å². The summed E-state index contributed by atoms with van der Waals surface area (Å²) < 4.78 is 1.95. The van der Waals surface area contributed by atoms with Crippen LogP contribution in [0.4, 0.5) is 5.95 Å². The Balaban J connectivity index is 1.65. The van der Waals surface area contributed by atoms with Crippen LogP contribution in [-0.2, 0) is 18.7 Å². The van der Waals surface area contributed by atoms with Gasteiger partial charge in [-0.25, -0.2) is 9.88 Å². The number of fused-ring (bicyclic) bond motifs is 1. The molecule has 0 aliphatic carbocycles. The van der Waals surface area contributed by atoms with Gasteiger partial charge in [0.05, 0.1) is 6.20 Å². The predicted octanol–water partition coefficient (Wildman–Crippen LogP) is 3.81. The maximum absolute atomic E-state index is 10.9. The van der Waals surface area contributed by atoms with Gasteiger partial charge in [0.15, 0.2) is 0 Å². The summed E-state index contributed by atoms with van der Waals surface area (Å²) in [5.74, 6) is 0.721. The van der Waals surface area contributed by atoms with Crippen LogP contribution >= 0.6 is 11.6 Å². The molecule has 0 amide bonds. The number of rotatable bonds is 7. The lowest BCUT2D eigenvalue weighted by Gasteiger charge is -2.17. The van der Waals surface area contributed by atoms with Gasteiger partial charge in [0.2, 0.25) is 5.72 Å². The minimum Gasteiger partial charge on any atom is -0.353 e. The molecule has 0 radical (unpaired) electrons. The van der Waals surface area contributed by atoms with Crippen molar-refractivity contribution in [3.63, 3.8) is 0 Å². The van der Waals surface area contributed by atoms with Gasteiger partial charge in [0, 0.05) is 23.1 Å². The molecule has 1 aliphatic heterocycles. The molecule has 1 atom stereocenters. The van der Waals surface area contributed by atoms with Gasteiger partial charge in [-0.15, -0.1) is 0 Å². The first kappa shape index (κ1) is 17.2. The van der Waals surface area contributed by atoms with E-state index in [4.69, 9.17) is 11.6 Å². The Morgan fingerprint density at radius 1 is 1.17 bits per heavy atom. The first-order valence-electron chi connectivity index (χ1n) is 8.77. The number of hydrogen-bond donors (Lipinski definition) is 2. The zero-order valence-corrected chi connectivity index (χ0v) is 14.9. The highest BCUT2D eigenvalue weighted by atomic mass is 35.5. The first-order valence-corrected chi connectivity index (χ1v) is 9.14. The van der Waals surface area contributed by atoms with Crippen molar-refractivity contribution in [3.05, 3.63) is 52.8 Å². The van der Waals surface area contributed by atoms with Crippen molar-refractivity contribution >= 4 is 17.5 Å². The summed E-state index contributed by atoms with van der Waals surface area (Å²) in [5.41, 5.74) is 0.730. The number of unbranched alkanes of at least 4 members (excludes halogenated alkanes) is 4. The van der Waals surface area contributed by atoms with E-state index < -0.39 is 5.72 Å². The Hall–Kier alpha value is -1.65. The van der Waals surface area contributed by atoms with E-state index in [1.807, 2.05) is 22.9 Å². The van der Waals surface area contributed by atoms with Gasteiger partial charge in [-0.1, -0.05) is 61.3 Å². The Bertz CT molecular complexity index is 690. The molecule has 2 heterocycles. The molecule has 3 rings (SSSR count). The van der Waals surface area contributed by atoms with Gasteiger partial charge in [-0.3, -0.25) is 0 Å². The van der Waals surface area contributed by atoms with Crippen LogP contribution in [0.1, 0.15) is 50.3 Å². The van der Waals surface area contributed by atoms with Gasteiger partial charge in [-0.2, -0.15) is 0 Å². The van der Waals surface area contributed by atoms with E-state index in [-0.39, 0.29) is 0 Å². The molecule has 5 heteroatoms. The highest BCUT2D eigenvalue weighted by Gasteiger charge is 2.43. The molecular formula is C19H25ClN3O+. The highest BCUT2D eigenvalue weighted by molar-refractivity contribution is 6.30. The molecule has 0 saturated heterocycles. The van der Waals surface area contributed by atoms with E-state index in [1.165, 1.54) is 25.7 Å². The van der Waals surface area contributed by atoms with Crippen LogP contribution in [0.3, 0.4) is 0 Å². The van der Waals surface area contributed by atoms with Crippen LogP contribution in [0, 0.1) is 0 Å².